The van der Waals surface area contributed by atoms with Crippen LogP contribution in [0.2, 0.25) is 0 Å². The highest BCUT2D eigenvalue weighted by Gasteiger charge is 2.31. The van der Waals surface area contributed by atoms with Gasteiger partial charge in [0.25, 0.3) is 5.91 Å². The molecular formula is C23H29N3O3. The maximum absolute atomic E-state index is 13.2. The number of hydrogen-bond acceptors (Lipinski definition) is 4. The van der Waals surface area contributed by atoms with E-state index >= 15 is 0 Å². The normalized spacial score (nSPS) is 15.2. The van der Waals surface area contributed by atoms with Crippen LogP contribution in [0.3, 0.4) is 0 Å². The van der Waals surface area contributed by atoms with E-state index in [0.29, 0.717) is 24.4 Å². The van der Waals surface area contributed by atoms with Crippen LogP contribution in [-0.4, -0.2) is 56.0 Å². The quantitative estimate of drug-likeness (QED) is 0.817. The topological polar surface area (TPSA) is 61.9 Å². The van der Waals surface area contributed by atoms with Gasteiger partial charge < -0.3 is 19.9 Å². The number of amides is 2. The van der Waals surface area contributed by atoms with Gasteiger partial charge in [-0.05, 0) is 30.2 Å². The van der Waals surface area contributed by atoms with Crippen molar-refractivity contribution in [1.29, 1.82) is 0 Å². The van der Waals surface area contributed by atoms with E-state index in [0.717, 1.165) is 13.1 Å². The van der Waals surface area contributed by atoms with Crippen LogP contribution in [0.5, 0.6) is 5.75 Å². The van der Waals surface area contributed by atoms with Crippen LogP contribution in [-0.2, 0) is 4.79 Å². The second-order valence-electron chi connectivity index (χ2n) is 7.54. The van der Waals surface area contributed by atoms with Crippen molar-refractivity contribution in [1.82, 2.24) is 10.2 Å². The van der Waals surface area contributed by atoms with Crippen LogP contribution < -0.4 is 15.0 Å². The van der Waals surface area contributed by atoms with E-state index in [4.69, 9.17) is 4.74 Å². The zero-order valence-electron chi connectivity index (χ0n) is 17.3. The molecule has 1 N–H and O–H groups in total. The lowest BCUT2D eigenvalue weighted by molar-refractivity contribution is -0.134. The molecule has 2 aromatic rings. The van der Waals surface area contributed by atoms with E-state index in [1.165, 1.54) is 12.8 Å². The zero-order chi connectivity index (χ0) is 20.8. The summed E-state index contributed by atoms with van der Waals surface area (Å²) in [6, 6.07) is 16.7. The molecule has 6 heteroatoms. The lowest BCUT2D eigenvalue weighted by atomic mass is 10.0. The Morgan fingerprint density at radius 1 is 0.931 bits per heavy atom. The van der Waals surface area contributed by atoms with Gasteiger partial charge in [-0.25, -0.2) is 0 Å². The third-order valence-electron chi connectivity index (χ3n) is 5.28. The molecule has 1 saturated heterocycles. The minimum absolute atomic E-state index is 0.0201. The minimum Gasteiger partial charge on any atom is -0.496 e. The van der Waals surface area contributed by atoms with Gasteiger partial charge >= 0.3 is 0 Å². The summed E-state index contributed by atoms with van der Waals surface area (Å²) in [5, 5.41) is 2.92. The van der Waals surface area contributed by atoms with Gasteiger partial charge in [-0.2, -0.15) is 0 Å². The molecule has 1 fully saturated rings. The van der Waals surface area contributed by atoms with Crippen LogP contribution in [0.15, 0.2) is 54.6 Å². The molecule has 0 aliphatic carbocycles. The summed E-state index contributed by atoms with van der Waals surface area (Å²) < 4.78 is 5.28. The van der Waals surface area contributed by atoms with Crippen molar-refractivity contribution in [2.45, 2.75) is 19.9 Å². The Labute approximate surface area is 172 Å². The number of carbonyl (C=O) groups excluding carboxylic acids is 2. The van der Waals surface area contributed by atoms with Gasteiger partial charge in [-0.15, -0.1) is 0 Å². The summed E-state index contributed by atoms with van der Waals surface area (Å²) >= 11 is 0. The molecule has 154 valence electrons. The highest BCUT2D eigenvalue weighted by Crippen LogP contribution is 2.19. The Balaban J connectivity index is 1.65. The van der Waals surface area contributed by atoms with Gasteiger partial charge in [0.2, 0.25) is 5.91 Å². The molecule has 2 amide bonds. The summed E-state index contributed by atoms with van der Waals surface area (Å²) in [6.45, 7) is 6.74. The van der Waals surface area contributed by atoms with E-state index in [1.54, 1.807) is 18.2 Å². The number of hydrogen-bond donors (Lipinski definition) is 1. The Bertz CT molecular complexity index is 830. The summed E-state index contributed by atoms with van der Waals surface area (Å²) in [7, 11) is 1.53. The molecular weight excluding hydrogens is 366 g/mol. The minimum atomic E-state index is -0.573. The first-order valence-electron chi connectivity index (χ1n) is 10.0. The Hall–Kier alpha value is -3.02. The Kier molecular flexibility index (Phi) is 6.75. The standard InChI is InChI=1S/C23H29N3O3/c1-17(2)21(24-22(27)19-11-7-8-12-20(19)29-3)23(28)26-15-13-25(14-16-26)18-9-5-4-6-10-18/h4-12,17,21H,13-16H2,1-3H3,(H,24,27)/t21-/m0/s1. The third kappa shape index (κ3) is 4.88. The first-order valence-corrected chi connectivity index (χ1v) is 10.0. The van der Waals surface area contributed by atoms with Gasteiger partial charge in [0.1, 0.15) is 11.8 Å². The molecule has 2 aromatic carbocycles. The maximum Gasteiger partial charge on any atom is 0.255 e. The fourth-order valence-corrected chi connectivity index (χ4v) is 3.59. The lowest BCUT2D eigenvalue weighted by Gasteiger charge is -2.38. The van der Waals surface area contributed by atoms with E-state index in [-0.39, 0.29) is 17.7 Å². The Morgan fingerprint density at radius 3 is 2.17 bits per heavy atom. The van der Waals surface area contributed by atoms with E-state index in [2.05, 4.69) is 22.3 Å². The predicted molar refractivity (Wildman–Crippen MR) is 114 cm³/mol. The summed E-state index contributed by atoms with van der Waals surface area (Å²) in [5.74, 6) is 0.151. The van der Waals surface area contributed by atoms with Crippen LogP contribution in [0.1, 0.15) is 24.2 Å². The number of anilines is 1. The fourth-order valence-electron chi connectivity index (χ4n) is 3.59. The molecule has 1 aliphatic heterocycles. The van der Waals surface area contributed by atoms with Gasteiger partial charge in [-0.3, -0.25) is 9.59 Å². The van der Waals surface area contributed by atoms with Crippen LogP contribution in [0, 0.1) is 5.92 Å². The summed E-state index contributed by atoms with van der Waals surface area (Å²) in [4.78, 5) is 30.1. The number of nitrogens with zero attached hydrogens (tertiary/aromatic N) is 2. The lowest BCUT2D eigenvalue weighted by Crippen LogP contribution is -2.56. The van der Waals surface area contributed by atoms with Gasteiger partial charge in [0.15, 0.2) is 0 Å². The van der Waals surface area contributed by atoms with Crippen molar-refractivity contribution in [2.75, 3.05) is 38.2 Å². The first-order chi connectivity index (χ1) is 14.0. The van der Waals surface area contributed by atoms with Crippen molar-refractivity contribution < 1.29 is 14.3 Å². The number of piperazine rings is 1. The van der Waals surface area contributed by atoms with Crippen LogP contribution in [0.4, 0.5) is 5.69 Å². The molecule has 0 saturated carbocycles. The largest absolute Gasteiger partial charge is 0.496 e. The fraction of sp³-hybridized carbons (Fsp3) is 0.391. The van der Waals surface area contributed by atoms with Gasteiger partial charge in [-0.1, -0.05) is 44.2 Å². The molecule has 3 rings (SSSR count). The molecule has 0 aromatic heterocycles. The molecule has 1 aliphatic rings. The molecule has 0 unspecified atom stereocenters. The molecule has 1 heterocycles. The van der Waals surface area contributed by atoms with Crippen LogP contribution >= 0.6 is 0 Å². The molecule has 29 heavy (non-hydrogen) atoms. The average Bonchev–Trinajstić information content (AvgIpc) is 2.77. The van der Waals surface area contributed by atoms with Crippen molar-refractivity contribution in [3.8, 4) is 5.75 Å². The third-order valence-corrected chi connectivity index (χ3v) is 5.28. The first kappa shape index (κ1) is 20.7. The van der Waals surface area contributed by atoms with Crippen molar-refractivity contribution in [2.24, 2.45) is 5.92 Å². The van der Waals surface area contributed by atoms with Gasteiger partial charge in [0, 0.05) is 31.9 Å². The van der Waals surface area contributed by atoms with Crippen molar-refractivity contribution in [3.05, 3.63) is 60.2 Å². The molecule has 0 radical (unpaired) electrons. The molecule has 6 nitrogen and oxygen atoms in total. The predicted octanol–water partition coefficient (Wildman–Crippen LogP) is 2.80. The molecule has 0 spiro atoms. The smallest absolute Gasteiger partial charge is 0.255 e. The second kappa shape index (κ2) is 9.45. The number of benzene rings is 2. The molecule has 0 bridgehead atoms. The second-order valence-corrected chi connectivity index (χ2v) is 7.54. The number of carbonyl (C=O) groups is 2. The number of rotatable bonds is 6. The maximum atomic E-state index is 13.2. The molecule has 1 atom stereocenters. The monoisotopic (exact) mass is 395 g/mol. The highest BCUT2D eigenvalue weighted by atomic mass is 16.5. The number of methoxy groups -OCH3 is 1. The number of nitrogens with one attached hydrogen (secondary N) is 1. The average molecular weight is 396 g/mol. The van der Waals surface area contributed by atoms with Gasteiger partial charge in [0.05, 0.1) is 12.7 Å². The van der Waals surface area contributed by atoms with E-state index < -0.39 is 6.04 Å². The number of ether oxygens (including phenoxy) is 1. The summed E-state index contributed by atoms with van der Waals surface area (Å²) in [5.41, 5.74) is 1.60. The number of para-hydroxylation sites is 2. The summed E-state index contributed by atoms with van der Waals surface area (Å²) in [6.07, 6.45) is 0. The highest BCUT2D eigenvalue weighted by molar-refractivity contribution is 5.99. The van der Waals surface area contributed by atoms with Crippen molar-refractivity contribution >= 4 is 17.5 Å². The van der Waals surface area contributed by atoms with Crippen molar-refractivity contribution in [3.63, 3.8) is 0 Å². The Morgan fingerprint density at radius 2 is 1.55 bits per heavy atom. The van der Waals surface area contributed by atoms with E-state index in [9.17, 15) is 9.59 Å². The zero-order valence-corrected chi connectivity index (χ0v) is 17.3. The SMILES string of the molecule is COc1ccccc1C(=O)N[C@H](C(=O)N1CCN(c2ccccc2)CC1)C(C)C. The van der Waals surface area contributed by atoms with Crippen LogP contribution in [0.25, 0.3) is 0 Å². The van der Waals surface area contributed by atoms with E-state index in [1.807, 2.05) is 43.0 Å².